The second-order valence-corrected chi connectivity index (χ2v) is 9.65. The predicted molar refractivity (Wildman–Crippen MR) is 120 cm³/mol. The standard InChI is InChI=1S/C21H18Cl2N4O3S/c22-18-6-4-15(11-19(18)23)12-27(14-17-3-1-2-8-24-17)21(28)16-5-7-20-25-31(29,30)10-9-26(20)13-16/h1-8,11,13H,9-10,12,14H2. The summed E-state index contributed by atoms with van der Waals surface area (Å²) in [5.74, 6) is -0.00696. The van der Waals surface area contributed by atoms with E-state index in [-0.39, 0.29) is 18.2 Å². The van der Waals surface area contributed by atoms with E-state index in [4.69, 9.17) is 23.2 Å². The van der Waals surface area contributed by atoms with E-state index < -0.39 is 10.0 Å². The van der Waals surface area contributed by atoms with Gasteiger partial charge in [-0.15, -0.1) is 4.40 Å². The van der Waals surface area contributed by atoms with E-state index in [1.165, 1.54) is 0 Å². The van der Waals surface area contributed by atoms with E-state index in [2.05, 4.69) is 9.38 Å². The average molecular weight is 477 g/mol. The third-order valence-electron chi connectivity index (χ3n) is 4.79. The van der Waals surface area contributed by atoms with Crippen molar-refractivity contribution in [2.45, 2.75) is 13.1 Å². The molecule has 0 atom stereocenters. The van der Waals surface area contributed by atoms with Crippen LogP contribution in [0.3, 0.4) is 0 Å². The maximum absolute atomic E-state index is 13.4. The van der Waals surface area contributed by atoms with E-state index in [1.807, 2.05) is 24.3 Å². The molecule has 2 aromatic rings. The molecule has 10 heteroatoms. The summed E-state index contributed by atoms with van der Waals surface area (Å²) in [5, 5.41) is 0.856. The van der Waals surface area contributed by atoms with Gasteiger partial charge >= 0.3 is 0 Å². The number of amidine groups is 1. The molecule has 0 unspecified atom stereocenters. The number of carbonyl (C=O) groups is 1. The summed E-state index contributed by atoms with van der Waals surface area (Å²) in [6, 6.07) is 10.8. The molecule has 0 saturated carbocycles. The fourth-order valence-electron chi connectivity index (χ4n) is 3.26. The highest BCUT2D eigenvalue weighted by atomic mass is 35.5. The molecule has 0 saturated heterocycles. The monoisotopic (exact) mass is 476 g/mol. The molecule has 7 nitrogen and oxygen atoms in total. The van der Waals surface area contributed by atoms with Crippen LogP contribution in [0, 0.1) is 0 Å². The number of carbonyl (C=O) groups excluding carboxylic acids is 1. The summed E-state index contributed by atoms with van der Waals surface area (Å²) in [6.07, 6.45) is 6.44. The van der Waals surface area contributed by atoms with Gasteiger partial charge in [-0.1, -0.05) is 35.3 Å². The summed E-state index contributed by atoms with van der Waals surface area (Å²) in [7, 11) is -3.46. The van der Waals surface area contributed by atoms with E-state index in [0.29, 0.717) is 34.5 Å². The van der Waals surface area contributed by atoms with Crippen LogP contribution in [0.15, 0.2) is 70.9 Å². The molecular formula is C21H18Cl2N4O3S. The maximum atomic E-state index is 13.4. The lowest BCUT2D eigenvalue weighted by Crippen LogP contribution is -2.38. The minimum atomic E-state index is -3.46. The first-order valence-electron chi connectivity index (χ1n) is 9.43. The molecule has 2 aliphatic heterocycles. The first-order valence-corrected chi connectivity index (χ1v) is 11.8. The van der Waals surface area contributed by atoms with Gasteiger partial charge in [-0.25, -0.2) is 8.42 Å². The Morgan fingerprint density at radius 1 is 1.10 bits per heavy atom. The van der Waals surface area contributed by atoms with E-state index in [1.54, 1.807) is 46.5 Å². The van der Waals surface area contributed by atoms with Crippen molar-refractivity contribution in [3.63, 3.8) is 0 Å². The van der Waals surface area contributed by atoms with Crippen molar-refractivity contribution in [2.24, 2.45) is 4.40 Å². The Kier molecular flexibility index (Phi) is 6.13. The van der Waals surface area contributed by atoms with Crippen molar-refractivity contribution in [3.05, 3.63) is 87.8 Å². The van der Waals surface area contributed by atoms with Gasteiger partial charge in [0.15, 0.2) is 0 Å². The summed E-state index contributed by atoms with van der Waals surface area (Å²) >= 11 is 12.2. The van der Waals surface area contributed by atoms with Crippen molar-refractivity contribution >= 4 is 45.0 Å². The number of halogens is 2. The third-order valence-corrected chi connectivity index (χ3v) is 6.70. The van der Waals surface area contributed by atoms with Gasteiger partial charge in [-0.2, -0.15) is 0 Å². The first kappa shape index (κ1) is 21.5. The zero-order valence-electron chi connectivity index (χ0n) is 16.3. The van der Waals surface area contributed by atoms with Gasteiger partial charge in [-0.3, -0.25) is 9.78 Å². The van der Waals surface area contributed by atoms with Crippen molar-refractivity contribution in [1.29, 1.82) is 0 Å². The lowest BCUT2D eigenvalue weighted by molar-refractivity contribution is -0.128. The molecule has 1 aromatic heterocycles. The molecule has 0 fully saturated rings. The maximum Gasteiger partial charge on any atom is 0.256 e. The molecular weight excluding hydrogens is 459 g/mol. The number of rotatable bonds is 5. The van der Waals surface area contributed by atoms with Crippen LogP contribution >= 0.6 is 23.2 Å². The molecule has 4 rings (SSSR count). The second-order valence-electron chi connectivity index (χ2n) is 7.08. The van der Waals surface area contributed by atoms with Gasteiger partial charge in [0, 0.05) is 25.5 Å². The molecule has 0 radical (unpaired) electrons. The van der Waals surface area contributed by atoms with Gasteiger partial charge in [-0.05, 0) is 42.0 Å². The molecule has 0 aliphatic carbocycles. The lowest BCUT2D eigenvalue weighted by Gasteiger charge is -2.29. The average Bonchev–Trinajstić information content (AvgIpc) is 2.75. The molecule has 3 heterocycles. The summed E-state index contributed by atoms with van der Waals surface area (Å²) in [4.78, 5) is 21.0. The van der Waals surface area contributed by atoms with Crippen molar-refractivity contribution in [1.82, 2.24) is 14.8 Å². The highest BCUT2D eigenvalue weighted by molar-refractivity contribution is 7.90. The van der Waals surface area contributed by atoms with Gasteiger partial charge < -0.3 is 9.80 Å². The van der Waals surface area contributed by atoms with Gasteiger partial charge in [0.05, 0.1) is 33.6 Å². The molecule has 0 spiro atoms. The zero-order chi connectivity index (χ0) is 22.0. The summed E-state index contributed by atoms with van der Waals surface area (Å²) in [6.45, 7) is 0.836. The number of hydrogen-bond donors (Lipinski definition) is 0. The number of sulfonamides is 1. The van der Waals surface area contributed by atoms with Crippen LogP contribution in [0.1, 0.15) is 11.3 Å². The summed E-state index contributed by atoms with van der Waals surface area (Å²) in [5.41, 5.74) is 1.99. The topological polar surface area (TPSA) is 82.9 Å². The molecule has 160 valence electrons. The third kappa shape index (κ3) is 5.15. The lowest BCUT2D eigenvalue weighted by atomic mass is 10.1. The number of fused-ring (bicyclic) bond motifs is 1. The molecule has 1 amide bonds. The second kappa shape index (κ2) is 8.82. The Hall–Kier alpha value is -2.68. The highest BCUT2D eigenvalue weighted by Gasteiger charge is 2.27. The number of nitrogens with zero attached hydrogens (tertiary/aromatic N) is 4. The van der Waals surface area contributed by atoms with Crippen LogP contribution in [0.5, 0.6) is 0 Å². The smallest absolute Gasteiger partial charge is 0.256 e. The van der Waals surface area contributed by atoms with Crippen LogP contribution in [-0.4, -0.2) is 47.2 Å². The molecule has 0 bridgehead atoms. The molecule has 31 heavy (non-hydrogen) atoms. The number of hydrogen-bond acceptors (Lipinski definition) is 5. The number of benzene rings is 1. The quantitative estimate of drug-likeness (QED) is 0.659. The Labute approximate surface area is 190 Å². The number of pyridine rings is 1. The van der Waals surface area contributed by atoms with Gasteiger partial charge in [0.1, 0.15) is 5.84 Å². The Morgan fingerprint density at radius 2 is 1.94 bits per heavy atom. The van der Waals surface area contributed by atoms with E-state index >= 15 is 0 Å². The van der Waals surface area contributed by atoms with Crippen LogP contribution in [0.2, 0.25) is 10.0 Å². The SMILES string of the molecule is O=C(C1=CN2CCS(=O)(=O)N=C2C=C1)N(Cc1ccc(Cl)c(Cl)c1)Cc1ccccn1. The largest absolute Gasteiger partial charge is 0.330 e. The van der Waals surface area contributed by atoms with Crippen molar-refractivity contribution < 1.29 is 13.2 Å². The molecule has 2 aliphatic rings. The number of amides is 1. The fraction of sp³-hybridized carbons (Fsp3) is 0.190. The summed E-state index contributed by atoms with van der Waals surface area (Å²) < 4.78 is 27.2. The Balaban J connectivity index is 1.61. The van der Waals surface area contributed by atoms with Gasteiger partial charge in [0.25, 0.3) is 15.9 Å². The van der Waals surface area contributed by atoms with E-state index in [9.17, 15) is 13.2 Å². The molecule has 1 aromatic carbocycles. The van der Waals surface area contributed by atoms with E-state index in [0.717, 1.165) is 11.3 Å². The highest BCUT2D eigenvalue weighted by Crippen LogP contribution is 2.25. The molecule has 0 N–H and O–H groups in total. The van der Waals surface area contributed by atoms with Gasteiger partial charge in [0.2, 0.25) is 0 Å². The first-order chi connectivity index (χ1) is 14.8. The minimum Gasteiger partial charge on any atom is -0.330 e. The fourth-order valence-corrected chi connectivity index (χ4v) is 4.55. The van der Waals surface area contributed by atoms with Crippen LogP contribution in [-0.2, 0) is 27.9 Å². The minimum absolute atomic E-state index is 0.0940. The van der Waals surface area contributed by atoms with Crippen molar-refractivity contribution in [3.8, 4) is 0 Å². The Morgan fingerprint density at radius 3 is 2.68 bits per heavy atom. The predicted octanol–water partition coefficient (Wildman–Crippen LogP) is 3.41. The van der Waals surface area contributed by atoms with Crippen LogP contribution in [0.25, 0.3) is 0 Å². The van der Waals surface area contributed by atoms with Crippen LogP contribution < -0.4 is 0 Å². The van der Waals surface area contributed by atoms with Crippen LogP contribution in [0.4, 0.5) is 0 Å². The Bertz CT molecular complexity index is 1210. The van der Waals surface area contributed by atoms with Crippen molar-refractivity contribution in [2.75, 3.05) is 12.3 Å². The number of aromatic nitrogens is 1. The normalized spacial score (nSPS) is 16.9. The zero-order valence-corrected chi connectivity index (χ0v) is 18.6.